The van der Waals surface area contributed by atoms with Gasteiger partial charge in [-0.3, -0.25) is 19.9 Å². The van der Waals surface area contributed by atoms with Crippen molar-refractivity contribution in [3.8, 4) is 28.3 Å². The first-order chi connectivity index (χ1) is 15.4. The molecule has 0 fully saturated rings. The number of rotatable bonds is 4. The van der Waals surface area contributed by atoms with E-state index in [4.69, 9.17) is 4.74 Å². The highest BCUT2D eigenvalue weighted by Crippen LogP contribution is 2.34. The number of hydrogen-bond donors (Lipinski definition) is 2. The molecule has 4 aromatic rings. The number of ether oxygens (including phenoxy) is 1. The summed E-state index contributed by atoms with van der Waals surface area (Å²) in [6.45, 7) is 6.70. The van der Waals surface area contributed by atoms with Crippen molar-refractivity contribution in [3.63, 3.8) is 0 Å². The molecule has 1 aliphatic rings. The van der Waals surface area contributed by atoms with E-state index in [9.17, 15) is 4.79 Å². The Hall–Kier alpha value is -3.46. The van der Waals surface area contributed by atoms with Crippen LogP contribution in [0, 0.1) is 20.8 Å². The molecule has 0 saturated heterocycles. The summed E-state index contributed by atoms with van der Waals surface area (Å²) in [5, 5.41) is 15.0. The molecule has 0 radical (unpaired) electrons. The highest BCUT2D eigenvalue weighted by molar-refractivity contribution is 7.16. The number of amides is 1. The minimum atomic E-state index is -0.276. The summed E-state index contributed by atoms with van der Waals surface area (Å²) < 4.78 is 7.52. The summed E-state index contributed by atoms with van der Waals surface area (Å²) in [5.74, 6) is 0.678. The standard InChI is InChI=1S/C23H24N6O2S/c1-12-20(13(2)29(4)28-12)17-11-18(27-26-17)22(30)25-23-24-21(14(3)32-23)16-7-8-19-15(10-16)6-5-9-31-19/h7-8,10-11H,5-6,9H2,1-4H3,(H,26,27)(H,24,25,30). The lowest BCUT2D eigenvalue weighted by Crippen LogP contribution is -2.12. The van der Waals surface area contributed by atoms with Crippen molar-refractivity contribution >= 4 is 22.4 Å². The average molecular weight is 449 g/mol. The summed E-state index contributed by atoms with van der Waals surface area (Å²) in [6, 6.07) is 7.92. The van der Waals surface area contributed by atoms with Crippen LogP contribution in [0.15, 0.2) is 24.3 Å². The first-order valence-electron chi connectivity index (χ1n) is 10.5. The lowest BCUT2D eigenvalue weighted by atomic mass is 10.0. The van der Waals surface area contributed by atoms with E-state index in [2.05, 4.69) is 31.7 Å². The van der Waals surface area contributed by atoms with E-state index < -0.39 is 0 Å². The van der Waals surface area contributed by atoms with Gasteiger partial charge in [-0.15, -0.1) is 11.3 Å². The molecule has 5 rings (SSSR count). The highest BCUT2D eigenvalue weighted by atomic mass is 32.1. The van der Waals surface area contributed by atoms with Gasteiger partial charge >= 0.3 is 0 Å². The fourth-order valence-electron chi connectivity index (χ4n) is 4.10. The fourth-order valence-corrected chi connectivity index (χ4v) is 4.93. The molecule has 164 valence electrons. The first kappa shape index (κ1) is 20.4. The molecule has 0 atom stereocenters. The molecule has 0 spiro atoms. The molecule has 0 saturated carbocycles. The van der Waals surface area contributed by atoms with Crippen LogP contribution in [0.3, 0.4) is 0 Å². The maximum absolute atomic E-state index is 12.8. The number of H-pyrrole nitrogens is 1. The van der Waals surface area contributed by atoms with Gasteiger partial charge < -0.3 is 4.74 Å². The number of carbonyl (C=O) groups is 1. The van der Waals surface area contributed by atoms with Crippen LogP contribution in [0.5, 0.6) is 5.75 Å². The number of carbonyl (C=O) groups excluding carboxylic acids is 1. The summed E-state index contributed by atoms with van der Waals surface area (Å²) in [4.78, 5) is 18.6. The molecular weight excluding hydrogens is 424 g/mol. The molecule has 4 heterocycles. The van der Waals surface area contributed by atoms with Crippen molar-refractivity contribution in [2.75, 3.05) is 11.9 Å². The van der Waals surface area contributed by atoms with Crippen LogP contribution in [0.2, 0.25) is 0 Å². The quantitative estimate of drug-likeness (QED) is 0.481. The van der Waals surface area contributed by atoms with Gasteiger partial charge in [0.2, 0.25) is 0 Å². The Morgan fingerprint density at radius 1 is 1.25 bits per heavy atom. The number of benzene rings is 1. The summed E-state index contributed by atoms with van der Waals surface area (Å²) in [7, 11) is 1.89. The number of nitrogens with one attached hydrogen (secondary N) is 2. The van der Waals surface area contributed by atoms with E-state index in [1.54, 1.807) is 6.07 Å². The Kier molecular flexibility index (Phi) is 5.05. The number of aromatic amines is 1. The van der Waals surface area contributed by atoms with Gasteiger partial charge in [0.1, 0.15) is 11.4 Å². The van der Waals surface area contributed by atoms with Gasteiger partial charge in [-0.05, 0) is 63.4 Å². The van der Waals surface area contributed by atoms with Crippen molar-refractivity contribution < 1.29 is 9.53 Å². The number of aromatic nitrogens is 5. The van der Waals surface area contributed by atoms with E-state index in [0.717, 1.165) is 58.3 Å². The third kappa shape index (κ3) is 3.58. The maximum atomic E-state index is 12.8. The second-order valence-corrected chi connectivity index (χ2v) is 9.19. The van der Waals surface area contributed by atoms with Crippen molar-refractivity contribution in [3.05, 3.63) is 51.8 Å². The van der Waals surface area contributed by atoms with Crippen LogP contribution in [0.25, 0.3) is 22.5 Å². The highest BCUT2D eigenvalue weighted by Gasteiger charge is 2.19. The second-order valence-electron chi connectivity index (χ2n) is 7.99. The van der Waals surface area contributed by atoms with Crippen molar-refractivity contribution in [1.29, 1.82) is 0 Å². The molecule has 1 amide bonds. The molecule has 3 aromatic heterocycles. The van der Waals surface area contributed by atoms with Gasteiger partial charge in [-0.25, -0.2) is 4.98 Å². The van der Waals surface area contributed by atoms with Crippen LogP contribution in [-0.2, 0) is 13.5 Å². The van der Waals surface area contributed by atoms with Crippen LogP contribution >= 0.6 is 11.3 Å². The topological polar surface area (TPSA) is 97.7 Å². The van der Waals surface area contributed by atoms with Crippen molar-refractivity contribution in [2.24, 2.45) is 7.05 Å². The van der Waals surface area contributed by atoms with E-state index in [1.807, 2.05) is 44.6 Å². The zero-order valence-electron chi connectivity index (χ0n) is 18.4. The number of hydrogen-bond acceptors (Lipinski definition) is 6. The van der Waals surface area contributed by atoms with Gasteiger partial charge in [0.05, 0.1) is 23.7 Å². The predicted molar refractivity (Wildman–Crippen MR) is 124 cm³/mol. The van der Waals surface area contributed by atoms with E-state index in [-0.39, 0.29) is 5.91 Å². The molecule has 8 nitrogen and oxygen atoms in total. The monoisotopic (exact) mass is 448 g/mol. The smallest absolute Gasteiger partial charge is 0.275 e. The molecule has 0 bridgehead atoms. The van der Waals surface area contributed by atoms with Gasteiger partial charge in [-0.1, -0.05) is 0 Å². The number of thiazole rings is 1. The third-order valence-electron chi connectivity index (χ3n) is 5.79. The van der Waals surface area contributed by atoms with Crippen LogP contribution in [0.4, 0.5) is 5.13 Å². The molecule has 0 aliphatic carbocycles. The number of aryl methyl sites for hydroxylation is 4. The molecule has 2 N–H and O–H groups in total. The number of anilines is 1. The first-order valence-corrected chi connectivity index (χ1v) is 11.3. The Labute approximate surface area is 189 Å². The van der Waals surface area contributed by atoms with Gasteiger partial charge in [0, 0.05) is 28.7 Å². The Morgan fingerprint density at radius 2 is 2.09 bits per heavy atom. The van der Waals surface area contributed by atoms with Crippen LogP contribution in [-0.4, -0.2) is 37.5 Å². The molecule has 1 aliphatic heterocycles. The van der Waals surface area contributed by atoms with Crippen molar-refractivity contribution in [2.45, 2.75) is 33.6 Å². The molecule has 9 heteroatoms. The van der Waals surface area contributed by atoms with Crippen LogP contribution < -0.4 is 10.1 Å². The summed E-state index contributed by atoms with van der Waals surface area (Å²) in [6.07, 6.45) is 2.03. The molecule has 1 aromatic carbocycles. The predicted octanol–water partition coefficient (Wildman–Crippen LogP) is 4.44. The normalized spacial score (nSPS) is 13.0. The van der Waals surface area contributed by atoms with E-state index in [1.165, 1.54) is 16.9 Å². The van der Waals surface area contributed by atoms with Gasteiger partial charge in [0.25, 0.3) is 5.91 Å². The fraction of sp³-hybridized carbons (Fsp3) is 0.304. The summed E-state index contributed by atoms with van der Waals surface area (Å²) >= 11 is 1.46. The van der Waals surface area contributed by atoms with Crippen molar-refractivity contribution in [1.82, 2.24) is 25.0 Å². The molecular formula is C23H24N6O2S. The second kappa shape index (κ2) is 7.90. The SMILES string of the molecule is Cc1nn(C)c(C)c1-c1cc(C(=O)Nc2nc(-c3ccc4c(c3)CCCO4)c(C)s2)[nH]n1. The Balaban J connectivity index is 1.37. The zero-order chi connectivity index (χ0) is 22.4. The lowest BCUT2D eigenvalue weighted by molar-refractivity contribution is 0.102. The van der Waals surface area contributed by atoms with Gasteiger partial charge in [-0.2, -0.15) is 10.2 Å². The van der Waals surface area contributed by atoms with Gasteiger partial charge in [0.15, 0.2) is 5.13 Å². The van der Waals surface area contributed by atoms with E-state index >= 15 is 0 Å². The Bertz CT molecular complexity index is 1330. The number of fused-ring (bicyclic) bond motifs is 1. The molecule has 32 heavy (non-hydrogen) atoms. The minimum absolute atomic E-state index is 0.276. The van der Waals surface area contributed by atoms with E-state index in [0.29, 0.717) is 16.5 Å². The minimum Gasteiger partial charge on any atom is -0.493 e. The third-order valence-corrected chi connectivity index (χ3v) is 6.67. The average Bonchev–Trinajstić information content (AvgIpc) is 3.46. The molecule has 0 unspecified atom stereocenters. The Morgan fingerprint density at radius 3 is 2.88 bits per heavy atom. The maximum Gasteiger partial charge on any atom is 0.275 e. The largest absolute Gasteiger partial charge is 0.493 e. The lowest BCUT2D eigenvalue weighted by Gasteiger charge is -2.17. The van der Waals surface area contributed by atoms with Crippen LogP contribution in [0.1, 0.15) is 38.7 Å². The zero-order valence-corrected chi connectivity index (χ0v) is 19.3. The number of nitrogens with zero attached hydrogens (tertiary/aromatic N) is 4. The summed E-state index contributed by atoms with van der Waals surface area (Å²) in [5.41, 5.74) is 7.01.